The highest BCUT2D eigenvalue weighted by molar-refractivity contribution is 4.89. The highest BCUT2D eigenvalue weighted by atomic mass is 16.3. The molecule has 2 heteroatoms. The van der Waals surface area contributed by atoms with Gasteiger partial charge in [0.15, 0.2) is 0 Å². The number of fused-ring (bicyclic) bond motifs is 1. The predicted octanol–water partition coefficient (Wildman–Crippen LogP) is 1.27. The molecule has 2 rings (SSSR count). The Morgan fingerprint density at radius 2 is 1.58 bits per heavy atom. The average Bonchev–Trinajstić information content (AvgIpc) is 2.07. The van der Waals surface area contributed by atoms with Gasteiger partial charge in [-0.2, -0.15) is 0 Å². The molecule has 0 amide bonds. The van der Waals surface area contributed by atoms with Crippen LogP contribution in [0.15, 0.2) is 0 Å². The summed E-state index contributed by atoms with van der Waals surface area (Å²) in [5, 5.41) is 9.59. The molecule has 2 nitrogen and oxygen atoms in total. The minimum atomic E-state index is -0.218. The van der Waals surface area contributed by atoms with Gasteiger partial charge in [-0.25, -0.2) is 0 Å². The number of aliphatic hydroxyl groups is 1. The maximum atomic E-state index is 9.59. The molecule has 3 N–H and O–H groups in total. The SMILES string of the molecule is NC1CC2CCCCC2CC1O. The van der Waals surface area contributed by atoms with E-state index in [0.717, 1.165) is 24.7 Å². The molecule has 70 valence electrons. The molecular weight excluding hydrogens is 150 g/mol. The van der Waals surface area contributed by atoms with Gasteiger partial charge >= 0.3 is 0 Å². The predicted molar refractivity (Wildman–Crippen MR) is 48.7 cm³/mol. The Morgan fingerprint density at radius 1 is 1.00 bits per heavy atom. The lowest BCUT2D eigenvalue weighted by atomic mass is 9.68. The van der Waals surface area contributed by atoms with Crippen LogP contribution >= 0.6 is 0 Å². The Hall–Kier alpha value is -0.0800. The van der Waals surface area contributed by atoms with Gasteiger partial charge in [-0.3, -0.25) is 0 Å². The first-order valence-electron chi connectivity index (χ1n) is 5.21. The van der Waals surface area contributed by atoms with Crippen molar-refractivity contribution in [2.24, 2.45) is 17.6 Å². The van der Waals surface area contributed by atoms with E-state index < -0.39 is 0 Å². The molecule has 2 aliphatic rings. The molecular formula is C10H19NO. The molecule has 0 aromatic heterocycles. The van der Waals surface area contributed by atoms with Gasteiger partial charge in [0.1, 0.15) is 0 Å². The third-order valence-corrected chi connectivity index (χ3v) is 3.68. The molecule has 2 aliphatic carbocycles. The van der Waals surface area contributed by atoms with Crippen molar-refractivity contribution in [2.75, 3.05) is 0 Å². The number of rotatable bonds is 0. The second-order valence-corrected chi connectivity index (χ2v) is 4.51. The zero-order valence-electron chi connectivity index (χ0n) is 7.58. The highest BCUT2D eigenvalue weighted by Crippen LogP contribution is 2.39. The Kier molecular flexibility index (Phi) is 2.37. The molecule has 0 bridgehead atoms. The third-order valence-electron chi connectivity index (χ3n) is 3.68. The van der Waals surface area contributed by atoms with Crippen molar-refractivity contribution in [3.05, 3.63) is 0 Å². The topological polar surface area (TPSA) is 46.2 Å². The zero-order chi connectivity index (χ0) is 8.55. The Balaban J connectivity index is 1.98. The lowest BCUT2D eigenvalue weighted by Crippen LogP contribution is -2.45. The van der Waals surface area contributed by atoms with Gasteiger partial charge in [-0.15, -0.1) is 0 Å². The van der Waals surface area contributed by atoms with Gasteiger partial charge in [-0.05, 0) is 24.7 Å². The standard InChI is InChI=1S/C10H19NO/c11-9-5-7-3-1-2-4-8(7)6-10(9)12/h7-10,12H,1-6,11H2. The summed E-state index contributed by atoms with van der Waals surface area (Å²) in [4.78, 5) is 0. The lowest BCUT2D eigenvalue weighted by molar-refractivity contribution is 0.0319. The Labute approximate surface area is 74.1 Å². The highest BCUT2D eigenvalue weighted by Gasteiger charge is 2.35. The van der Waals surface area contributed by atoms with E-state index in [9.17, 15) is 5.11 Å². The maximum Gasteiger partial charge on any atom is 0.0693 e. The summed E-state index contributed by atoms with van der Waals surface area (Å²) in [6.45, 7) is 0. The summed E-state index contributed by atoms with van der Waals surface area (Å²) in [7, 11) is 0. The van der Waals surface area contributed by atoms with Crippen LogP contribution in [0.3, 0.4) is 0 Å². The van der Waals surface area contributed by atoms with Gasteiger partial charge in [0.25, 0.3) is 0 Å². The van der Waals surface area contributed by atoms with Crippen molar-refractivity contribution in [2.45, 2.75) is 50.7 Å². The summed E-state index contributed by atoms with van der Waals surface area (Å²) in [5.41, 5.74) is 5.84. The van der Waals surface area contributed by atoms with E-state index in [2.05, 4.69) is 0 Å². The van der Waals surface area contributed by atoms with Crippen LogP contribution in [0.5, 0.6) is 0 Å². The second kappa shape index (κ2) is 3.35. The van der Waals surface area contributed by atoms with E-state index in [1.807, 2.05) is 0 Å². The Morgan fingerprint density at radius 3 is 2.25 bits per heavy atom. The van der Waals surface area contributed by atoms with Crippen LogP contribution in [0.4, 0.5) is 0 Å². The summed E-state index contributed by atoms with van der Waals surface area (Å²) in [5.74, 6) is 1.62. The molecule has 4 unspecified atom stereocenters. The number of nitrogens with two attached hydrogens (primary N) is 1. The van der Waals surface area contributed by atoms with Crippen LogP contribution in [0, 0.1) is 11.8 Å². The molecule has 0 heterocycles. The van der Waals surface area contributed by atoms with Gasteiger partial charge in [0.05, 0.1) is 6.10 Å². The fourth-order valence-corrected chi connectivity index (χ4v) is 2.90. The fraction of sp³-hybridized carbons (Fsp3) is 1.00. The van der Waals surface area contributed by atoms with E-state index in [1.165, 1.54) is 25.7 Å². The van der Waals surface area contributed by atoms with Crippen molar-refractivity contribution in [3.63, 3.8) is 0 Å². The van der Waals surface area contributed by atoms with Gasteiger partial charge in [0, 0.05) is 6.04 Å². The first-order valence-corrected chi connectivity index (χ1v) is 5.21. The van der Waals surface area contributed by atoms with E-state index >= 15 is 0 Å². The number of hydrogen-bond donors (Lipinski definition) is 2. The van der Waals surface area contributed by atoms with Crippen molar-refractivity contribution < 1.29 is 5.11 Å². The Bertz CT molecular complexity index is 142. The lowest BCUT2D eigenvalue weighted by Gasteiger charge is -2.40. The van der Waals surface area contributed by atoms with E-state index in [-0.39, 0.29) is 12.1 Å². The molecule has 4 atom stereocenters. The van der Waals surface area contributed by atoms with Gasteiger partial charge < -0.3 is 10.8 Å². The van der Waals surface area contributed by atoms with Crippen LogP contribution in [-0.2, 0) is 0 Å². The monoisotopic (exact) mass is 169 g/mol. The number of hydrogen-bond acceptors (Lipinski definition) is 2. The second-order valence-electron chi connectivity index (χ2n) is 4.51. The van der Waals surface area contributed by atoms with E-state index in [0.29, 0.717) is 0 Å². The summed E-state index contributed by atoms with van der Waals surface area (Å²) >= 11 is 0. The minimum absolute atomic E-state index is 0.0596. The summed E-state index contributed by atoms with van der Waals surface area (Å²) in [6, 6.07) is 0.0596. The molecule has 2 saturated carbocycles. The molecule has 2 fully saturated rings. The molecule has 12 heavy (non-hydrogen) atoms. The fourth-order valence-electron chi connectivity index (χ4n) is 2.90. The van der Waals surface area contributed by atoms with Crippen molar-refractivity contribution >= 4 is 0 Å². The summed E-state index contributed by atoms with van der Waals surface area (Å²) in [6.07, 6.45) is 7.23. The first-order chi connectivity index (χ1) is 5.77. The molecule has 0 radical (unpaired) electrons. The average molecular weight is 169 g/mol. The zero-order valence-corrected chi connectivity index (χ0v) is 7.58. The molecule has 0 aromatic rings. The van der Waals surface area contributed by atoms with Crippen LogP contribution in [0.1, 0.15) is 38.5 Å². The van der Waals surface area contributed by atoms with Crippen molar-refractivity contribution in [1.82, 2.24) is 0 Å². The molecule has 0 saturated heterocycles. The van der Waals surface area contributed by atoms with Crippen molar-refractivity contribution in [1.29, 1.82) is 0 Å². The van der Waals surface area contributed by atoms with E-state index in [1.54, 1.807) is 0 Å². The molecule has 0 aliphatic heterocycles. The van der Waals surface area contributed by atoms with Crippen LogP contribution in [0.25, 0.3) is 0 Å². The van der Waals surface area contributed by atoms with E-state index in [4.69, 9.17) is 5.73 Å². The van der Waals surface area contributed by atoms with Crippen molar-refractivity contribution in [3.8, 4) is 0 Å². The first kappa shape index (κ1) is 8.52. The largest absolute Gasteiger partial charge is 0.392 e. The van der Waals surface area contributed by atoms with Crippen LogP contribution in [-0.4, -0.2) is 17.3 Å². The smallest absolute Gasteiger partial charge is 0.0693 e. The van der Waals surface area contributed by atoms with Gasteiger partial charge in [0.2, 0.25) is 0 Å². The van der Waals surface area contributed by atoms with Crippen LogP contribution < -0.4 is 5.73 Å². The summed E-state index contributed by atoms with van der Waals surface area (Å²) < 4.78 is 0. The molecule has 0 aromatic carbocycles. The quantitative estimate of drug-likeness (QED) is 0.573. The van der Waals surface area contributed by atoms with Crippen LogP contribution in [0.2, 0.25) is 0 Å². The third kappa shape index (κ3) is 1.50. The number of aliphatic hydroxyl groups excluding tert-OH is 1. The maximum absolute atomic E-state index is 9.59. The normalized spacial score (nSPS) is 48.5. The minimum Gasteiger partial charge on any atom is -0.392 e. The molecule has 0 spiro atoms. The van der Waals surface area contributed by atoms with Gasteiger partial charge in [-0.1, -0.05) is 25.7 Å².